The molecule has 0 aliphatic rings. The van der Waals surface area contributed by atoms with Crippen molar-refractivity contribution in [1.29, 1.82) is 0 Å². The van der Waals surface area contributed by atoms with Crippen LogP contribution in [0, 0.1) is 694 Å². The van der Waals surface area contributed by atoms with Crippen molar-refractivity contribution < 1.29 is 1.43 Å². The fourth-order valence-electron chi connectivity index (χ4n) is 5.41. The number of nitrogens with zero attached hydrogens (tertiary/aromatic N) is 3. The van der Waals surface area contributed by atoms with Gasteiger partial charge in [0.25, 0.3) is 0 Å². The molecular formula is C138H38ClN3. The van der Waals surface area contributed by atoms with Crippen molar-refractivity contribution in [3.05, 3.63) is 80.7 Å². The first-order valence-electron chi connectivity index (χ1n) is 37.3. The second-order valence-electron chi connectivity index (χ2n) is 20.1. The summed E-state index contributed by atoms with van der Waals surface area (Å²) in [6.45, 7) is 13.5. The van der Waals surface area contributed by atoms with Gasteiger partial charge in [0.15, 0.2) is 0 Å². The van der Waals surface area contributed by atoms with Gasteiger partial charge in [0.2, 0.25) is 0 Å². The second-order valence-corrected chi connectivity index (χ2v) is 20.5. The first-order valence-corrected chi connectivity index (χ1v) is 37.7. The molecule has 0 heterocycles. The summed E-state index contributed by atoms with van der Waals surface area (Å²) in [5.74, 6) is 292. The van der Waals surface area contributed by atoms with E-state index in [4.69, 9.17) is 17.1 Å². The van der Waals surface area contributed by atoms with Gasteiger partial charge in [-0.05, 0) is 259 Å². The summed E-state index contributed by atoms with van der Waals surface area (Å²) < 4.78 is 0. The Bertz CT molecular complexity index is 8720. The van der Waals surface area contributed by atoms with Crippen LogP contribution in [-0.4, -0.2) is 0 Å². The minimum absolute atomic E-state index is 0. The molecule has 0 atom stereocenters. The Morgan fingerprint density at radius 1 is 0.211 bits per heavy atom. The third-order valence-electron chi connectivity index (χ3n) is 10.3. The average molecular weight is 1770 g/mol. The Kier molecular flexibility index (Phi) is 91.6. The molecule has 0 spiro atoms. The Labute approximate surface area is 847 Å². The summed E-state index contributed by atoms with van der Waals surface area (Å²) in [4.78, 5) is 2.69. The van der Waals surface area contributed by atoms with Crippen molar-refractivity contribution >= 4 is 11.6 Å². The topological polar surface area (TPSA) is 48.8 Å². The van der Waals surface area contributed by atoms with Crippen molar-refractivity contribution in [2.45, 2.75) is 68.4 Å². The van der Waals surface area contributed by atoms with E-state index in [1.807, 2.05) is 49.4 Å². The van der Waals surface area contributed by atoms with E-state index < -0.39 is 0 Å². The number of benzene rings is 2. The van der Waals surface area contributed by atoms with Crippen LogP contribution in [0.1, 0.15) is 73.0 Å². The summed E-state index contributed by atoms with van der Waals surface area (Å²) in [5, 5.41) is 4.29. The maximum atomic E-state index is 8.06. The number of azide groups is 1. The van der Waals surface area contributed by atoms with Crippen LogP contribution >= 0.6 is 11.6 Å². The van der Waals surface area contributed by atoms with Crippen molar-refractivity contribution in [2.24, 2.45) is 5.11 Å². The number of halogens is 1. The van der Waals surface area contributed by atoms with E-state index in [1.54, 1.807) is 27.7 Å². The lowest BCUT2D eigenvalue weighted by Gasteiger charge is -2.03. The lowest BCUT2D eigenvalue weighted by atomic mass is 10.0. The highest BCUT2D eigenvalue weighted by Crippen LogP contribution is 2.18. The molecular weight excluding hydrogens is 1730 g/mol. The molecule has 0 amide bonds. The molecule has 0 bridgehead atoms. The van der Waals surface area contributed by atoms with E-state index in [-0.39, 0.29) is 8.85 Å². The third kappa shape index (κ3) is 107. The van der Waals surface area contributed by atoms with Crippen LogP contribution in [0.15, 0.2) is 53.6 Å². The largest absolute Gasteiger partial charge is 0.0925 e. The normalized spacial score (nSPS) is 4.77. The molecule has 0 saturated heterocycles. The molecule has 0 aromatic heterocycles. The zero-order valence-electron chi connectivity index (χ0n) is 74.6. The number of rotatable bonds is 3. The van der Waals surface area contributed by atoms with Crippen LogP contribution in [-0.2, 0) is 6.54 Å². The molecule has 4 heteroatoms. The van der Waals surface area contributed by atoms with Crippen molar-refractivity contribution in [3.63, 3.8) is 0 Å². The molecule has 142 heavy (non-hydrogen) atoms. The second kappa shape index (κ2) is 110. The fourth-order valence-corrected chi connectivity index (χ4v) is 5.61. The molecule has 0 unspecified atom stereocenters. The van der Waals surface area contributed by atoms with E-state index in [0.717, 1.165) is 10.6 Å². The van der Waals surface area contributed by atoms with Gasteiger partial charge in [0.1, 0.15) is 0 Å². The molecule has 0 radical (unpaired) electrons. The van der Waals surface area contributed by atoms with E-state index in [2.05, 4.69) is 717 Å². The minimum atomic E-state index is 0. The monoisotopic (exact) mass is 1770 g/mol. The van der Waals surface area contributed by atoms with Gasteiger partial charge in [-0.1, -0.05) is 104 Å². The Balaban J connectivity index is -0.00000110. The van der Waals surface area contributed by atoms with E-state index >= 15 is 0 Å². The Hall–Kier alpha value is -27.5. The molecule has 0 fully saturated rings. The first-order chi connectivity index (χ1) is 69.9. The Morgan fingerprint density at radius 3 is 0.437 bits per heavy atom. The molecule has 0 N–H and O–H groups in total. The molecule has 0 saturated carbocycles. The van der Waals surface area contributed by atoms with Crippen LogP contribution in [0.2, 0.25) is 5.02 Å². The fraction of sp³-hybridized carbons (Fsp3) is 0.0725. The van der Waals surface area contributed by atoms with Gasteiger partial charge in [-0.2, -0.15) is 0 Å². The highest BCUT2D eigenvalue weighted by molar-refractivity contribution is 6.30. The minimum Gasteiger partial charge on any atom is -0.0925 e. The maximum Gasteiger partial charge on any atom is 0.0510 e. The van der Waals surface area contributed by atoms with Gasteiger partial charge in [0, 0.05) is 485 Å². The zero-order valence-corrected chi connectivity index (χ0v) is 75.4. The van der Waals surface area contributed by atoms with Gasteiger partial charge in [-0.25, -0.2) is 0 Å². The van der Waals surface area contributed by atoms with Crippen molar-refractivity contribution in [2.75, 3.05) is 0 Å². The molecule has 0 aliphatic heterocycles. The van der Waals surface area contributed by atoms with Crippen LogP contribution in [0.4, 0.5) is 0 Å². The molecule has 612 valence electrons. The molecule has 0 aliphatic carbocycles. The summed E-state index contributed by atoms with van der Waals surface area (Å²) in [7, 11) is 0. The quantitative estimate of drug-likeness (QED) is 0.128. The van der Waals surface area contributed by atoms with E-state index in [9.17, 15) is 0 Å². The van der Waals surface area contributed by atoms with E-state index in [1.165, 1.54) is 11.1 Å². The SMILES string of the molecule is C.CC#CC#CC#CC#CC#CC#CC#CC#CC#CC#CC#CC#CC#CC#CC#CC#CC#CC#CC#CC#CC#CC#CC#CC#CC#CC#CC#CC#CC#CC.CC#CC#CC#CC#CC#CC#CC#CC#CC#CC#CC#CC#CC#CC#CC#CC#CC#CC#CC#CC#CC#CC#CC#CC#CC#CC#CC#CC#CC#CC.CC(C)c1cccc(Cl)c1.Cc1cccc(CN=[N+]=[N-])c1.[2HH]. The highest BCUT2D eigenvalue weighted by Gasteiger charge is 1.97. The summed E-state index contributed by atoms with van der Waals surface area (Å²) >= 11 is 5.79. The van der Waals surface area contributed by atoms with Crippen LogP contribution in [0.25, 0.3) is 10.4 Å². The number of aryl methyl sites for hydroxylation is 1. The lowest BCUT2D eigenvalue weighted by molar-refractivity contribution is 0.867. The lowest BCUT2D eigenvalue weighted by Crippen LogP contribution is -1.84. The van der Waals surface area contributed by atoms with Gasteiger partial charge < -0.3 is 0 Å². The Morgan fingerprint density at radius 2 is 0.338 bits per heavy atom. The third-order valence-corrected chi connectivity index (χ3v) is 10.5. The maximum absolute atomic E-state index is 8.06. The standard InChI is InChI=1S/2C60H6.C9H11Cl.C8H9N3.CH4.H2/c2*1-3-5-7-9-11-13-15-17-19-21-23-25-27-29-31-33-35-37-39-41-43-45-47-49-51-53-55-57-59-60-58-56-54-52-50-48-46-44-42-40-38-36-34-32-30-28-26-24-22-20-18-16-14-12-10-8-6-4-2;1-7(2)8-4-3-5-9(10)6-8;1-7-3-2-4-8(5-7)6-10-11-9;;/h2*1-2H3;3-7H,1-2H3;2-5H,6H2,1H3;1H4;1H/i;;;;;1+1. The molecule has 3 nitrogen and oxygen atoms in total. The van der Waals surface area contributed by atoms with Gasteiger partial charge in [-0.15, -0.1) is 0 Å². The highest BCUT2D eigenvalue weighted by atomic mass is 35.5. The number of hydrogen-bond donors (Lipinski definition) is 0. The van der Waals surface area contributed by atoms with Crippen LogP contribution in [0.5, 0.6) is 0 Å². The van der Waals surface area contributed by atoms with Gasteiger partial charge >= 0.3 is 0 Å². The summed E-state index contributed by atoms with van der Waals surface area (Å²) in [5.41, 5.74) is 11.6. The first kappa shape index (κ1) is 119. The van der Waals surface area contributed by atoms with E-state index in [0.29, 0.717) is 12.5 Å². The number of hydrogen-bond acceptors (Lipinski definition) is 1. The van der Waals surface area contributed by atoms with Crippen LogP contribution in [0.3, 0.4) is 0 Å². The van der Waals surface area contributed by atoms with Gasteiger partial charge in [0.05, 0.1) is 6.54 Å². The smallest absolute Gasteiger partial charge is 0.0510 e. The molecule has 2 aromatic rings. The molecule has 2 rings (SSSR count). The van der Waals surface area contributed by atoms with Gasteiger partial charge in [-0.3, -0.25) is 0 Å². The predicted octanol–water partition coefficient (Wildman–Crippen LogP) is 9.40. The summed E-state index contributed by atoms with van der Waals surface area (Å²) in [6, 6.07) is 15.9. The van der Waals surface area contributed by atoms with Crippen LogP contribution < -0.4 is 0 Å². The van der Waals surface area contributed by atoms with Crippen molar-refractivity contribution in [1.82, 2.24) is 0 Å². The predicted molar refractivity (Wildman–Crippen MR) is 572 cm³/mol. The van der Waals surface area contributed by atoms with Crippen molar-refractivity contribution in [3.8, 4) is 687 Å². The zero-order chi connectivity index (χ0) is 102. The molecule has 2 aromatic carbocycles. The average Bonchev–Trinajstić information content (AvgIpc) is 0.912. The summed E-state index contributed by atoms with van der Waals surface area (Å²) in [6.07, 6.45) is 0.